The van der Waals surface area contributed by atoms with Gasteiger partial charge < -0.3 is 24.3 Å². The van der Waals surface area contributed by atoms with Crippen LogP contribution in [0.5, 0.6) is 5.75 Å². The highest BCUT2D eigenvalue weighted by atomic mass is 16.6. The van der Waals surface area contributed by atoms with Crippen LogP contribution in [0, 0.1) is 0 Å². The molecule has 1 aromatic rings. The summed E-state index contributed by atoms with van der Waals surface area (Å²) >= 11 is 0. The molecule has 0 aromatic carbocycles. The molecule has 1 fully saturated rings. The number of anilines is 1. The molecule has 0 aliphatic carbocycles. The van der Waals surface area contributed by atoms with Crippen molar-refractivity contribution in [3.63, 3.8) is 0 Å². The summed E-state index contributed by atoms with van der Waals surface area (Å²) in [5, 5.41) is 17.2. The Hall–Kier alpha value is -1.38. The van der Waals surface area contributed by atoms with Gasteiger partial charge in [0.05, 0.1) is 25.0 Å². The normalized spacial score (nSPS) is 19.1. The lowest BCUT2D eigenvalue weighted by atomic mass is 10.2. The van der Waals surface area contributed by atoms with Crippen molar-refractivity contribution in [3.8, 4) is 5.75 Å². The lowest BCUT2D eigenvalue weighted by Crippen LogP contribution is -2.33. The van der Waals surface area contributed by atoms with E-state index < -0.39 is 7.32 Å². The number of rotatable bonds is 4. The van der Waals surface area contributed by atoms with E-state index in [4.69, 9.17) is 14.8 Å². The summed E-state index contributed by atoms with van der Waals surface area (Å²) < 4.78 is 9.91. The molecule has 7 nitrogen and oxygen atoms in total. The third-order valence-electron chi connectivity index (χ3n) is 2.62. The average molecular weight is 239 g/mol. The largest absolute Gasteiger partial charge is 0.707 e. The maximum atomic E-state index is 8.61. The fourth-order valence-electron chi connectivity index (χ4n) is 1.66. The van der Waals surface area contributed by atoms with Gasteiger partial charge in [-0.15, -0.1) is 0 Å². The van der Waals surface area contributed by atoms with Crippen molar-refractivity contribution in [2.45, 2.75) is 12.5 Å². The van der Waals surface area contributed by atoms with Crippen LogP contribution in [-0.4, -0.2) is 53.6 Å². The van der Waals surface area contributed by atoms with Gasteiger partial charge in [0.15, 0.2) is 0 Å². The molecule has 0 bridgehead atoms. The van der Waals surface area contributed by atoms with Gasteiger partial charge in [0.25, 0.3) is 0 Å². The number of likely N-dealkylation sites (N-methyl/N-ethyl adjacent to an activating group) is 1. The second-order valence-electron chi connectivity index (χ2n) is 3.79. The summed E-state index contributed by atoms with van der Waals surface area (Å²) in [6.45, 7) is 1.43. The molecule has 0 saturated carbocycles. The Morgan fingerprint density at radius 1 is 1.47 bits per heavy atom. The molecule has 0 amide bonds. The van der Waals surface area contributed by atoms with Crippen molar-refractivity contribution < 1.29 is 19.4 Å². The molecule has 1 atom stereocenters. The van der Waals surface area contributed by atoms with E-state index in [1.165, 1.54) is 12.4 Å². The number of aromatic nitrogens is 2. The van der Waals surface area contributed by atoms with E-state index in [-0.39, 0.29) is 11.8 Å². The summed E-state index contributed by atoms with van der Waals surface area (Å²) in [6.07, 6.45) is 3.75. The first-order valence-electron chi connectivity index (χ1n) is 5.32. The first kappa shape index (κ1) is 12.1. The van der Waals surface area contributed by atoms with Crippen LogP contribution in [0.2, 0.25) is 0 Å². The maximum Gasteiger partial charge on any atom is 0.707 e. The quantitative estimate of drug-likeness (QED) is 0.655. The maximum absolute atomic E-state index is 8.61. The third-order valence-corrected chi connectivity index (χ3v) is 2.62. The number of hydrogen-bond donors (Lipinski definition) is 2. The second kappa shape index (κ2) is 5.30. The highest BCUT2D eigenvalue weighted by Gasteiger charge is 2.22. The van der Waals surface area contributed by atoms with Crippen LogP contribution in [0.15, 0.2) is 12.4 Å². The third kappa shape index (κ3) is 3.05. The Kier molecular flexibility index (Phi) is 3.77. The molecule has 1 aromatic heterocycles. The molecule has 1 aliphatic heterocycles. The molecule has 2 rings (SSSR count). The van der Waals surface area contributed by atoms with Crippen LogP contribution in [0.25, 0.3) is 0 Å². The molecular formula is C9H14BN3O4. The van der Waals surface area contributed by atoms with Crippen molar-refractivity contribution >= 4 is 13.3 Å². The van der Waals surface area contributed by atoms with E-state index in [2.05, 4.69) is 14.6 Å². The van der Waals surface area contributed by atoms with Gasteiger partial charge in [-0.2, -0.15) is 0 Å². The SMILES string of the molecule is CN(c1ncc(OB(O)O)cn1)[C@H]1CCOC1. The molecule has 0 unspecified atom stereocenters. The van der Waals surface area contributed by atoms with Crippen LogP contribution < -0.4 is 9.55 Å². The molecule has 92 valence electrons. The van der Waals surface area contributed by atoms with Crippen LogP contribution in [0.1, 0.15) is 6.42 Å². The van der Waals surface area contributed by atoms with E-state index in [1.54, 1.807) is 0 Å². The van der Waals surface area contributed by atoms with Gasteiger partial charge in [0.2, 0.25) is 5.95 Å². The predicted molar refractivity (Wildman–Crippen MR) is 60.5 cm³/mol. The summed E-state index contributed by atoms with van der Waals surface area (Å²) in [5.74, 6) is 0.764. The van der Waals surface area contributed by atoms with Crippen LogP contribution in [-0.2, 0) is 4.74 Å². The monoisotopic (exact) mass is 239 g/mol. The van der Waals surface area contributed by atoms with Gasteiger partial charge in [0.1, 0.15) is 5.75 Å². The van der Waals surface area contributed by atoms with E-state index in [0.717, 1.165) is 13.0 Å². The summed E-state index contributed by atoms with van der Waals surface area (Å²) in [7, 11) is 0.0428. The zero-order chi connectivity index (χ0) is 12.3. The minimum absolute atomic E-state index is 0.208. The second-order valence-corrected chi connectivity index (χ2v) is 3.79. The molecule has 1 aliphatic rings. The van der Waals surface area contributed by atoms with E-state index >= 15 is 0 Å². The fourth-order valence-corrected chi connectivity index (χ4v) is 1.66. The first-order chi connectivity index (χ1) is 8.16. The zero-order valence-corrected chi connectivity index (χ0v) is 9.48. The molecule has 17 heavy (non-hydrogen) atoms. The Balaban J connectivity index is 2.01. The Labute approximate surface area is 99.2 Å². The molecule has 0 spiro atoms. The van der Waals surface area contributed by atoms with E-state index in [1.807, 2.05) is 11.9 Å². The van der Waals surface area contributed by atoms with Gasteiger partial charge in [-0.1, -0.05) is 0 Å². The predicted octanol–water partition coefficient (Wildman–Crippen LogP) is -0.950. The van der Waals surface area contributed by atoms with Gasteiger partial charge in [-0.3, -0.25) is 0 Å². The van der Waals surface area contributed by atoms with Crippen LogP contribution >= 0.6 is 0 Å². The topological polar surface area (TPSA) is 87.9 Å². The summed E-state index contributed by atoms with van der Waals surface area (Å²) in [4.78, 5) is 10.1. The summed E-state index contributed by atoms with van der Waals surface area (Å²) in [6, 6.07) is 0.283. The summed E-state index contributed by atoms with van der Waals surface area (Å²) in [5.41, 5.74) is 0. The molecule has 8 heteroatoms. The Morgan fingerprint density at radius 3 is 2.71 bits per heavy atom. The van der Waals surface area contributed by atoms with Crippen molar-refractivity contribution in [2.24, 2.45) is 0 Å². The van der Waals surface area contributed by atoms with Crippen LogP contribution in [0.3, 0.4) is 0 Å². The first-order valence-corrected chi connectivity index (χ1v) is 5.32. The minimum atomic E-state index is -1.86. The van der Waals surface area contributed by atoms with Crippen molar-refractivity contribution in [1.82, 2.24) is 9.97 Å². The number of hydrogen-bond acceptors (Lipinski definition) is 7. The van der Waals surface area contributed by atoms with Crippen molar-refractivity contribution in [3.05, 3.63) is 12.4 Å². The van der Waals surface area contributed by atoms with Gasteiger partial charge >= 0.3 is 7.32 Å². The van der Waals surface area contributed by atoms with E-state index in [9.17, 15) is 0 Å². The van der Waals surface area contributed by atoms with Gasteiger partial charge in [-0.25, -0.2) is 9.97 Å². The number of nitrogens with zero attached hydrogens (tertiary/aromatic N) is 3. The molecule has 2 heterocycles. The van der Waals surface area contributed by atoms with Crippen molar-refractivity contribution in [2.75, 3.05) is 25.2 Å². The van der Waals surface area contributed by atoms with Crippen LogP contribution in [0.4, 0.5) is 5.95 Å². The van der Waals surface area contributed by atoms with Gasteiger partial charge in [0, 0.05) is 13.7 Å². The smallest absolute Gasteiger partial charge is 0.509 e. The van der Waals surface area contributed by atoms with E-state index in [0.29, 0.717) is 12.6 Å². The average Bonchev–Trinajstić information content (AvgIpc) is 2.82. The lowest BCUT2D eigenvalue weighted by Gasteiger charge is -2.22. The fraction of sp³-hybridized carbons (Fsp3) is 0.556. The Bertz CT molecular complexity index is 356. The minimum Gasteiger partial charge on any atom is -0.509 e. The molecular weight excluding hydrogens is 225 g/mol. The zero-order valence-electron chi connectivity index (χ0n) is 9.48. The molecule has 2 N–H and O–H groups in total. The molecule has 1 saturated heterocycles. The number of ether oxygens (including phenoxy) is 1. The standard InChI is InChI=1S/C9H14BN3O4/c1-13(7-2-3-16-6-7)9-11-4-8(5-12-9)17-10(14)15/h4-5,7,14-15H,2-3,6H2,1H3/t7-/m0/s1. The van der Waals surface area contributed by atoms with Crippen molar-refractivity contribution in [1.29, 1.82) is 0 Å². The highest BCUT2D eigenvalue weighted by molar-refractivity contribution is 6.33. The molecule has 0 radical (unpaired) electrons. The Morgan fingerprint density at radius 2 is 2.18 bits per heavy atom. The highest BCUT2D eigenvalue weighted by Crippen LogP contribution is 2.17. The lowest BCUT2D eigenvalue weighted by molar-refractivity contribution is 0.193. The van der Waals surface area contributed by atoms with Gasteiger partial charge in [-0.05, 0) is 6.42 Å².